The fourth-order valence-electron chi connectivity index (χ4n) is 3.20. The van der Waals surface area contributed by atoms with Crippen LogP contribution in [0, 0.1) is 5.92 Å². The standard InChI is InChI=1S/C20H20ClNO4/c1-25-19(23)18-12-22(11-17(18)15-7-9-16(21)10-8-15)20(24)26-13-14-5-3-2-4-6-14/h2-10,17-18H,11-13H2,1H3. The normalized spacial score (nSPS) is 19.2. The van der Waals surface area contributed by atoms with Crippen molar-refractivity contribution in [3.8, 4) is 0 Å². The number of methoxy groups -OCH3 is 1. The number of carbonyl (C=O) groups is 2. The molecule has 5 nitrogen and oxygen atoms in total. The zero-order valence-electron chi connectivity index (χ0n) is 14.4. The molecule has 1 amide bonds. The third-order valence-corrected chi connectivity index (χ3v) is 4.84. The van der Waals surface area contributed by atoms with Gasteiger partial charge in [-0.3, -0.25) is 4.79 Å². The first-order valence-corrected chi connectivity index (χ1v) is 8.75. The first-order chi connectivity index (χ1) is 12.6. The van der Waals surface area contributed by atoms with E-state index in [1.165, 1.54) is 7.11 Å². The summed E-state index contributed by atoms with van der Waals surface area (Å²) < 4.78 is 10.3. The van der Waals surface area contributed by atoms with E-state index >= 15 is 0 Å². The van der Waals surface area contributed by atoms with Gasteiger partial charge in [0.05, 0.1) is 13.0 Å². The number of rotatable bonds is 4. The molecule has 1 heterocycles. The van der Waals surface area contributed by atoms with E-state index in [1.54, 1.807) is 17.0 Å². The largest absolute Gasteiger partial charge is 0.469 e. The molecule has 2 aromatic carbocycles. The first kappa shape index (κ1) is 18.3. The van der Waals surface area contributed by atoms with Crippen molar-refractivity contribution in [3.63, 3.8) is 0 Å². The van der Waals surface area contributed by atoms with Gasteiger partial charge in [0.15, 0.2) is 0 Å². The topological polar surface area (TPSA) is 55.8 Å². The van der Waals surface area contributed by atoms with Crippen molar-refractivity contribution in [2.45, 2.75) is 12.5 Å². The molecule has 0 aromatic heterocycles. The van der Waals surface area contributed by atoms with E-state index in [4.69, 9.17) is 21.1 Å². The van der Waals surface area contributed by atoms with Crippen LogP contribution >= 0.6 is 11.6 Å². The van der Waals surface area contributed by atoms with Crippen molar-refractivity contribution >= 4 is 23.7 Å². The zero-order chi connectivity index (χ0) is 18.5. The predicted molar refractivity (Wildman–Crippen MR) is 97.9 cm³/mol. The lowest BCUT2D eigenvalue weighted by Crippen LogP contribution is -2.30. The molecular weight excluding hydrogens is 354 g/mol. The fraction of sp³-hybridized carbons (Fsp3) is 0.300. The maximum Gasteiger partial charge on any atom is 0.410 e. The summed E-state index contributed by atoms with van der Waals surface area (Å²) in [5, 5.41) is 0.625. The summed E-state index contributed by atoms with van der Waals surface area (Å²) in [6.07, 6.45) is -0.431. The smallest absolute Gasteiger partial charge is 0.410 e. The maximum atomic E-state index is 12.4. The van der Waals surface area contributed by atoms with Gasteiger partial charge in [-0.25, -0.2) is 4.79 Å². The van der Waals surface area contributed by atoms with Crippen LogP contribution in [0.25, 0.3) is 0 Å². The van der Waals surface area contributed by atoms with E-state index in [0.29, 0.717) is 11.6 Å². The molecule has 2 atom stereocenters. The minimum Gasteiger partial charge on any atom is -0.469 e. The number of hydrogen-bond acceptors (Lipinski definition) is 4. The lowest BCUT2D eigenvalue weighted by atomic mass is 9.89. The highest BCUT2D eigenvalue weighted by Crippen LogP contribution is 2.34. The SMILES string of the molecule is COC(=O)C1CN(C(=O)OCc2ccccc2)CC1c1ccc(Cl)cc1. The monoisotopic (exact) mass is 373 g/mol. The molecule has 1 aliphatic rings. The van der Waals surface area contributed by atoms with Gasteiger partial charge >= 0.3 is 12.1 Å². The Morgan fingerprint density at radius 1 is 1.08 bits per heavy atom. The Balaban J connectivity index is 1.70. The fourth-order valence-corrected chi connectivity index (χ4v) is 3.33. The van der Waals surface area contributed by atoms with Crippen molar-refractivity contribution < 1.29 is 19.1 Å². The minimum absolute atomic E-state index is 0.149. The van der Waals surface area contributed by atoms with Crippen molar-refractivity contribution in [2.24, 2.45) is 5.92 Å². The number of ether oxygens (including phenoxy) is 2. The molecule has 0 aliphatic carbocycles. The molecule has 2 unspecified atom stereocenters. The molecule has 1 fully saturated rings. The maximum absolute atomic E-state index is 12.4. The summed E-state index contributed by atoms with van der Waals surface area (Å²) >= 11 is 5.95. The van der Waals surface area contributed by atoms with Crippen LogP contribution in [-0.2, 0) is 20.9 Å². The van der Waals surface area contributed by atoms with Crippen molar-refractivity contribution in [1.29, 1.82) is 0 Å². The van der Waals surface area contributed by atoms with Gasteiger partial charge in [-0.05, 0) is 23.3 Å². The molecule has 26 heavy (non-hydrogen) atoms. The van der Waals surface area contributed by atoms with Gasteiger partial charge in [-0.1, -0.05) is 54.1 Å². The molecule has 1 saturated heterocycles. The highest BCUT2D eigenvalue weighted by molar-refractivity contribution is 6.30. The van der Waals surface area contributed by atoms with Crippen LogP contribution in [-0.4, -0.2) is 37.2 Å². The second-order valence-corrected chi connectivity index (χ2v) is 6.67. The molecule has 0 spiro atoms. The number of halogens is 1. The third-order valence-electron chi connectivity index (χ3n) is 4.59. The zero-order valence-corrected chi connectivity index (χ0v) is 15.2. The third kappa shape index (κ3) is 4.17. The van der Waals surface area contributed by atoms with Gasteiger partial charge in [-0.2, -0.15) is 0 Å². The van der Waals surface area contributed by atoms with Gasteiger partial charge in [-0.15, -0.1) is 0 Å². The minimum atomic E-state index is -0.431. The molecule has 2 aromatic rings. The molecule has 136 valence electrons. The number of carbonyl (C=O) groups excluding carboxylic acids is 2. The number of hydrogen-bond donors (Lipinski definition) is 0. The first-order valence-electron chi connectivity index (χ1n) is 8.37. The summed E-state index contributed by atoms with van der Waals surface area (Å²) in [4.78, 5) is 26.2. The number of nitrogens with zero attached hydrogens (tertiary/aromatic N) is 1. The summed E-state index contributed by atoms with van der Waals surface area (Å²) in [5.41, 5.74) is 1.86. The Morgan fingerprint density at radius 2 is 1.77 bits per heavy atom. The Bertz CT molecular complexity index is 763. The van der Waals surface area contributed by atoms with E-state index in [1.807, 2.05) is 42.5 Å². The van der Waals surface area contributed by atoms with E-state index in [9.17, 15) is 9.59 Å². The lowest BCUT2D eigenvalue weighted by Gasteiger charge is -2.16. The quantitative estimate of drug-likeness (QED) is 0.763. The Labute approximate surface area is 157 Å². The van der Waals surface area contributed by atoms with Crippen LogP contribution < -0.4 is 0 Å². The lowest BCUT2D eigenvalue weighted by molar-refractivity contribution is -0.145. The van der Waals surface area contributed by atoms with E-state index in [-0.39, 0.29) is 25.0 Å². The molecule has 6 heteroatoms. The molecule has 0 N–H and O–H groups in total. The van der Waals surface area contributed by atoms with Crippen LogP contribution in [0.5, 0.6) is 0 Å². The molecule has 0 saturated carbocycles. The van der Waals surface area contributed by atoms with E-state index in [0.717, 1.165) is 11.1 Å². The second-order valence-electron chi connectivity index (χ2n) is 6.23. The van der Waals surface area contributed by atoms with Gasteiger partial charge < -0.3 is 14.4 Å². The Morgan fingerprint density at radius 3 is 2.42 bits per heavy atom. The second kappa shape index (κ2) is 8.23. The molecular formula is C20H20ClNO4. The van der Waals surface area contributed by atoms with Gasteiger partial charge in [0.2, 0.25) is 0 Å². The summed E-state index contributed by atoms with van der Waals surface area (Å²) in [6.45, 7) is 0.868. The van der Waals surface area contributed by atoms with E-state index < -0.39 is 12.0 Å². The van der Waals surface area contributed by atoms with Crippen LogP contribution in [0.15, 0.2) is 54.6 Å². The number of likely N-dealkylation sites (tertiary alicyclic amines) is 1. The van der Waals surface area contributed by atoms with Crippen molar-refractivity contribution in [3.05, 3.63) is 70.7 Å². The average molecular weight is 374 g/mol. The van der Waals surface area contributed by atoms with Crippen LogP contribution in [0.3, 0.4) is 0 Å². The number of esters is 1. The highest BCUT2D eigenvalue weighted by Gasteiger charge is 2.41. The van der Waals surface area contributed by atoms with Crippen molar-refractivity contribution in [1.82, 2.24) is 4.90 Å². The molecule has 0 radical (unpaired) electrons. The molecule has 3 rings (SSSR count). The number of benzene rings is 2. The van der Waals surface area contributed by atoms with Crippen LogP contribution in [0.2, 0.25) is 5.02 Å². The van der Waals surface area contributed by atoms with Gasteiger partial charge in [0.25, 0.3) is 0 Å². The summed E-state index contributed by atoms with van der Waals surface area (Å²) in [6, 6.07) is 16.8. The summed E-state index contributed by atoms with van der Waals surface area (Å²) in [5.74, 6) is -0.905. The highest BCUT2D eigenvalue weighted by atomic mass is 35.5. The predicted octanol–water partition coefficient (Wildman–Crippen LogP) is 3.87. The molecule has 1 aliphatic heterocycles. The molecule has 0 bridgehead atoms. The van der Waals surface area contributed by atoms with Crippen LogP contribution in [0.4, 0.5) is 4.79 Å². The summed E-state index contributed by atoms with van der Waals surface area (Å²) in [7, 11) is 1.36. The van der Waals surface area contributed by atoms with E-state index in [2.05, 4.69) is 0 Å². The van der Waals surface area contributed by atoms with Crippen LogP contribution in [0.1, 0.15) is 17.0 Å². The van der Waals surface area contributed by atoms with Gasteiger partial charge in [0.1, 0.15) is 6.61 Å². The Kier molecular flexibility index (Phi) is 5.78. The van der Waals surface area contributed by atoms with Gasteiger partial charge in [0, 0.05) is 24.0 Å². The average Bonchev–Trinajstić information content (AvgIpc) is 3.12. The van der Waals surface area contributed by atoms with Crippen molar-refractivity contribution in [2.75, 3.05) is 20.2 Å². The number of amides is 1. The Hall–Kier alpha value is -2.53.